The standard InChI is InChI=1S/C19H14N2O7/c1-10-16(27-17-7-5-11(20(23)24)9-15(17)21(25)26)8-6-13-12-3-2-4-14(12)19(22)28-18(10)13/h5-9H,2-4H2,1H3. The van der Waals surface area contributed by atoms with E-state index in [1.807, 2.05) is 0 Å². The van der Waals surface area contributed by atoms with Gasteiger partial charge in [0, 0.05) is 22.6 Å². The Morgan fingerprint density at radius 1 is 1.00 bits per heavy atom. The van der Waals surface area contributed by atoms with Crippen LogP contribution in [0, 0.1) is 27.2 Å². The van der Waals surface area contributed by atoms with Crippen LogP contribution >= 0.6 is 0 Å². The molecule has 1 heterocycles. The number of non-ortho nitro benzene ring substituents is 1. The van der Waals surface area contributed by atoms with Gasteiger partial charge >= 0.3 is 11.3 Å². The van der Waals surface area contributed by atoms with E-state index in [2.05, 4.69) is 0 Å². The normalized spacial score (nSPS) is 12.8. The van der Waals surface area contributed by atoms with Crippen LogP contribution in [0.15, 0.2) is 39.5 Å². The van der Waals surface area contributed by atoms with Crippen molar-refractivity contribution in [3.63, 3.8) is 0 Å². The van der Waals surface area contributed by atoms with Gasteiger partial charge in [0.2, 0.25) is 5.75 Å². The number of nitro groups is 2. The molecule has 0 fully saturated rings. The first-order chi connectivity index (χ1) is 13.4. The van der Waals surface area contributed by atoms with Crippen LogP contribution in [0.3, 0.4) is 0 Å². The fraction of sp³-hybridized carbons (Fsp3) is 0.211. The third kappa shape index (κ3) is 2.77. The Bertz CT molecular complexity index is 1210. The molecule has 9 heteroatoms. The summed E-state index contributed by atoms with van der Waals surface area (Å²) in [4.78, 5) is 32.9. The van der Waals surface area contributed by atoms with Gasteiger partial charge in [0.05, 0.1) is 15.9 Å². The average molecular weight is 382 g/mol. The van der Waals surface area contributed by atoms with E-state index in [4.69, 9.17) is 9.15 Å². The number of fused-ring (bicyclic) bond motifs is 3. The molecule has 1 aromatic heterocycles. The van der Waals surface area contributed by atoms with Crippen LogP contribution < -0.4 is 10.4 Å². The van der Waals surface area contributed by atoms with E-state index in [0.29, 0.717) is 23.1 Å². The van der Waals surface area contributed by atoms with Crippen LogP contribution in [0.5, 0.6) is 11.5 Å². The number of hydrogen-bond acceptors (Lipinski definition) is 7. The Morgan fingerprint density at radius 2 is 1.71 bits per heavy atom. The lowest BCUT2D eigenvalue weighted by Crippen LogP contribution is -2.07. The molecule has 4 rings (SSSR count). The van der Waals surface area contributed by atoms with Gasteiger partial charge in [-0.1, -0.05) is 0 Å². The van der Waals surface area contributed by atoms with Crippen molar-refractivity contribution in [2.24, 2.45) is 0 Å². The second kappa shape index (κ2) is 6.45. The van der Waals surface area contributed by atoms with Gasteiger partial charge in [-0.25, -0.2) is 4.79 Å². The van der Waals surface area contributed by atoms with Crippen molar-refractivity contribution in [3.05, 3.63) is 77.7 Å². The second-order valence-electron chi connectivity index (χ2n) is 6.53. The smallest absolute Gasteiger partial charge is 0.339 e. The van der Waals surface area contributed by atoms with Gasteiger partial charge in [0.1, 0.15) is 11.3 Å². The van der Waals surface area contributed by atoms with E-state index in [9.17, 15) is 25.0 Å². The van der Waals surface area contributed by atoms with E-state index < -0.39 is 21.2 Å². The van der Waals surface area contributed by atoms with Crippen LogP contribution in [-0.2, 0) is 12.8 Å². The summed E-state index contributed by atoms with van der Waals surface area (Å²) < 4.78 is 11.2. The van der Waals surface area contributed by atoms with Gasteiger partial charge in [-0.3, -0.25) is 20.2 Å². The predicted molar refractivity (Wildman–Crippen MR) is 99.1 cm³/mol. The van der Waals surface area contributed by atoms with Gasteiger partial charge in [0.25, 0.3) is 5.69 Å². The van der Waals surface area contributed by atoms with Gasteiger partial charge in [0.15, 0.2) is 0 Å². The van der Waals surface area contributed by atoms with Crippen molar-refractivity contribution in [2.45, 2.75) is 26.2 Å². The highest BCUT2D eigenvalue weighted by Gasteiger charge is 2.24. The van der Waals surface area contributed by atoms with Crippen LogP contribution in [-0.4, -0.2) is 9.85 Å². The highest BCUT2D eigenvalue weighted by molar-refractivity contribution is 5.86. The molecule has 0 aliphatic heterocycles. The highest BCUT2D eigenvalue weighted by atomic mass is 16.6. The van der Waals surface area contributed by atoms with E-state index in [1.54, 1.807) is 19.1 Å². The summed E-state index contributed by atoms with van der Waals surface area (Å²) >= 11 is 0. The fourth-order valence-corrected chi connectivity index (χ4v) is 3.54. The summed E-state index contributed by atoms with van der Waals surface area (Å²) in [6.07, 6.45) is 2.39. The maximum absolute atomic E-state index is 12.2. The van der Waals surface area contributed by atoms with Crippen LogP contribution in [0.1, 0.15) is 23.1 Å². The van der Waals surface area contributed by atoms with Crippen molar-refractivity contribution in [1.82, 2.24) is 0 Å². The SMILES string of the molecule is Cc1c(Oc2ccc([N+](=O)[O-])cc2[N+](=O)[O-])ccc2c3c(c(=O)oc12)CCC3. The van der Waals surface area contributed by atoms with Crippen molar-refractivity contribution in [1.29, 1.82) is 0 Å². The Labute approximate surface area is 157 Å². The number of rotatable bonds is 4. The molecule has 9 nitrogen and oxygen atoms in total. The first kappa shape index (κ1) is 17.7. The molecule has 1 aliphatic carbocycles. The number of nitro benzene ring substituents is 2. The number of nitrogens with zero attached hydrogens (tertiary/aromatic N) is 2. The zero-order valence-electron chi connectivity index (χ0n) is 14.8. The zero-order valence-corrected chi connectivity index (χ0v) is 14.8. The molecule has 0 bridgehead atoms. The van der Waals surface area contributed by atoms with E-state index in [-0.39, 0.29) is 17.1 Å². The van der Waals surface area contributed by atoms with Gasteiger partial charge in [-0.15, -0.1) is 0 Å². The van der Waals surface area contributed by atoms with Gasteiger partial charge in [-0.05, 0) is 49.9 Å². The molecule has 0 spiro atoms. The lowest BCUT2D eigenvalue weighted by Gasteiger charge is -2.12. The van der Waals surface area contributed by atoms with Crippen molar-refractivity contribution in [3.8, 4) is 11.5 Å². The Hall–Kier alpha value is -3.75. The molecule has 0 saturated carbocycles. The lowest BCUT2D eigenvalue weighted by atomic mass is 10.0. The Morgan fingerprint density at radius 3 is 2.43 bits per heavy atom. The lowest BCUT2D eigenvalue weighted by molar-refractivity contribution is -0.394. The van der Waals surface area contributed by atoms with Gasteiger partial charge in [-0.2, -0.15) is 0 Å². The molecular weight excluding hydrogens is 368 g/mol. The van der Waals surface area contributed by atoms with Crippen molar-refractivity contribution >= 4 is 22.3 Å². The average Bonchev–Trinajstić information content (AvgIpc) is 3.15. The minimum Gasteiger partial charge on any atom is -0.450 e. The number of ether oxygens (including phenoxy) is 1. The fourth-order valence-electron chi connectivity index (χ4n) is 3.54. The van der Waals surface area contributed by atoms with E-state index in [1.165, 1.54) is 6.07 Å². The summed E-state index contributed by atoms with van der Waals surface area (Å²) in [5, 5.41) is 23.0. The van der Waals surface area contributed by atoms with E-state index in [0.717, 1.165) is 35.9 Å². The van der Waals surface area contributed by atoms with Crippen molar-refractivity contribution < 1.29 is 19.0 Å². The zero-order chi connectivity index (χ0) is 20.0. The molecule has 0 N–H and O–H groups in total. The summed E-state index contributed by atoms with van der Waals surface area (Å²) in [6, 6.07) is 6.58. The highest BCUT2D eigenvalue weighted by Crippen LogP contribution is 2.38. The van der Waals surface area contributed by atoms with E-state index >= 15 is 0 Å². The maximum atomic E-state index is 12.2. The minimum atomic E-state index is -0.744. The van der Waals surface area contributed by atoms with Gasteiger partial charge < -0.3 is 9.15 Å². The maximum Gasteiger partial charge on any atom is 0.339 e. The van der Waals surface area contributed by atoms with Crippen LogP contribution in [0.25, 0.3) is 11.0 Å². The molecule has 0 atom stereocenters. The first-order valence-electron chi connectivity index (χ1n) is 8.55. The van der Waals surface area contributed by atoms with Crippen LogP contribution in [0.4, 0.5) is 11.4 Å². The minimum absolute atomic E-state index is 0.137. The second-order valence-corrected chi connectivity index (χ2v) is 6.53. The molecule has 0 saturated heterocycles. The number of hydrogen-bond donors (Lipinski definition) is 0. The molecular formula is C19H14N2O7. The summed E-state index contributed by atoms with van der Waals surface area (Å²) in [5.74, 6) is 0.132. The molecule has 0 unspecified atom stereocenters. The van der Waals surface area contributed by atoms with Crippen molar-refractivity contribution in [2.75, 3.05) is 0 Å². The molecule has 0 radical (unpaired) electrons. The molecule has 142 valence electrons. The number of benzene rings is 2. The topological polar surface area (TPSA) is 126 Å². The third-order valence-corrected chi connectivity index (χ3v) is 4.91. The predicted octanol–water partition coefficient (Wildman–Crippen LogP) is 4.20. The Balaban J connectivity index is 1.82. The quantitative estimate of drug-likeness (QED) is 0.376. The summed E-state index contributed by atoms with van der Waals surface area (Å²) in [7, 11) is 0. The molecule has 0 amide bonds. The van der Waals surface area contributed by atoms with Crippen LogP contribution in [0.2, 0.25) is 0 Å². The summed E-state index contributed by atoms with van der Waals surface area (Å²) in [5.41, 5.74) is 1.28. The summed E-state index contributed by atoms with van der Waals surface area (Å²) in [6.45, 7) is 1.69. The molecule has 28 heavy (non-hydrogen) atoms. The molecule has 2 aromatic carbocycles. The first-order valence-corrected chi connectivity index (χ1v) is 8.55. The molecule has 1 aliphatic rings. The monoisotopic (exact) mass is 382 g/mol. The number of aryl methyl sites for hydroxylation is 2. The molecule has 3 aromatic rings. The largest absolute Gasteiger partial charge is 0.450 e. The third-order valence-electron chi connectivity index (χ3n) is 4.91. The Kier molecular flexibility index (Phi) is 4.07.